The SMILES string of the molecule is CC1CCCC1n1cncc1CCl. The van der Waals surface area contributed by atoms with Crippen LogP contribution in [0.3, 0.4) is 0 Å². The predicted molar refractivity (Wildman–Crippen MR) is 53.8 cm³/mol. The fourth-order valence-electron chi connectivity index (χ4n) is 2.27. The predicted octanol–water partition coefficient (Wildman–Crippen LogP) is 2.98. The summed E-state index contributed by atoms with van der Waals surface area (Å²) in [5, 5.41) is 0. The van der Waals surface area contributed by atoms with E-state index in [-0.39, 0.29) is 0 Å². The van der Waals surface area contributed by atoms with E-state index in [1.165, 1.54) is 19.3 Å². The van der Waals surface area contributed by atoms with E-state index in [1.807, 2.05) is 12.5 Å². The summed E-state index contributed by atoms with van der Waals surface area (Å²) in [5.41, 5.74) is 1.15. The van der Waals surface area contributed by atoms with Crippen molar-refractivity contribution in [3.05, 3.63) is 18.2 Å². The number of hydrogen-bond donors (Lipinski definition) is 0. The number of imidazole rings is 1. The molecule has 1 fully saturated rings. The second kappa shape index (κ2) is 3.70. The molecule has 1 aliphatic rings. The Labute approximate surface area is 83.9 Å². The fraction of sp³-hybridized carbons (Fsp3) is 0.700. The maximum Gasteiger partial charge on any atom is 0.0951 e. The average Bonchev–Trinajstić information content (AvgIpc) is 2.71. The molecule has 0 N–H and O–H groups in total. The molecule has 1 saturated carbocycles. The molecular weight excluding hydrogens is 184 g/mol. The van der Waals surface area contributed by atoms with Crippen LogP contribution in [0, 0.1) is 5.92 Å². The molecule has 3 heteroatoms. The zero-order valence-electron chi connectivity index (χ0n) is 7.91. The lowest BCUT2D eigenvalue weighted by Gasteiger charge is -2.18. The Bertz CT molecular complexity index is 282. The second-order valence-electron chi connectivity index (χ2n) is 3.90. The summed E-state index contributed by atoms with van der Waals surface area (Å²) < 4.78 is 2.25. The van der Waals surface area contributed by atoms with E-state index in [4.69, 9.17) is 11.6 Å². The highest BCUT2D eigenvalue weighted by molar-refractivity contribution is 6.16. The van der Waals surface area contributed by atoms with Crippen molar-refractivity contribution in [3.8, 4) is 0 Å². The van der Waals surface area contributed by atoms with Crippen LogP contribution < -0.4 is 0 Å². The maximum absolute atomic E-state index is 5.84. The van der Waals surface area contributed by atoms with Gasteiger partial charge in [-0.05, 0) is 18.8 Å². The first-order valence-electron chi connectivity index (χ1n) is 4.89. The Morgan fingerprint density at radius 2 is 2.46 bits per heavy atom. The summed E-state index contributed by atoms with van der Waals surface area (Å²) in [4.78, 5) is 4.15. The average molecular weight is 199 g/mol. The van der Waals surface area contributed by atoms with E-state index >= 15 is 0 Å². The second-order valence-corrected chi connectivity index (χ2v) is 4.17. The zero-order chi connectivity index (χ0) is 9.26. The van der Waals surface area contributed by atoms with Gasteiger partial charge < -0.3 is 4.57 Å². The summed E-state index contributed by atoms with van der Waals surface area (Å²) in [5.74, 6) is 1.35. The molecule has 0 radical (unpaired) electrons. The van der Waals surface area contributed by atoms with Crippen LogP contribution in [0.25, 0.3) is 0 Å². The number of alkyl halides is 1. The van der Waals surface area contributed by atoms with Crippen molar-refractivity contribution in [1.82, 2.24) is 9.55 Å². The van der Waals surface area contributed by atoms with Crippen LogP contribution in [0.1, 0.15) is 37.9 Å². The third-order valence-corrected chi connectivity index (χ3v) is 3.33. The Morgan fingerprint density at radius 1 is 1.62 bits per heavy atom. The van der Waals surface area contributed by atoms with Gasteiger partial charge in [0.2, 0.25) is 0 Å². The van der Waals surface area contributed by atoms with E-state index in [2.05, 4.69) is 16.5 Å². The minimum atomic E-state index is 0.573. The van der Waals surface area contributed by atoms with Crippen LogP contribution in [0.2, 0.25) is 0 Å². The highest BCUT2D eigenvalue weighted by Crippen LogP contribution is 2.35. The molecule has 2 atom stereocenters. The molecule has 0 spiro atoms. The van der Waals surface area contributed by atoms with Gasteiger partial charge in [-0.1, -0.05) is 13.3 Å². The number of aromatic nitrogens is 2. The van der Waals surface area contributed by atoms with Crippen LogP contribution in [0.4, 0.5) is 0 Å². The topological polar surface area (TPSA) is 17.8 Å². The Morgan fingerprint density at radius 3 is 3.08 bits per heavy atom. The van der Waals surface area contributed by atoms with E-state index in [0.29, 0.717) is 11.9 Å². The van der Waals surface area contributed by atoms with Crippen LogP contribution in [-0.4, -0.2) is 9.55 Å². The lowest BCUT2D eigenvalue weighted by Crippen LogP contribution is -2.12. The molecule has 1 aromatic rings. The van der Waals surface area contributed by atoms with Crippen molar-refractivity contribution in [2.45, 2.75) is 38.1 Å². The Hall–Kier alpha value is -0.500. The van der Waals surface area contributed by atoms with Crippen LogP contribution in [-0.2, 0) is 5.88 Å². The lowest BCUT2D eigenvalue weighted by molar-refractivity contribution is 0.400. The molecule has 0 bridgehead atoms. The summed E-state index contributed by atoms with van der Waals surface area (Å²) in [7, 11) is 0. The largest absolute Gasteiger partial charge is 0.330 e. The molecule has 0 aromatic carbocycles. The summed E-state index contributed by atoms with van der Waals surface area (Å²) in [6.45, 7) is 2.32. The molecule has 0 aliphatic heterocycles. The van der Waals surface area contributed by atoms with Crippen molar-refractivity contribution in [1.29, 1.82) is 0 Å². The van der Waals surface area contributed by atoms with Crippen molar-refractivity contribution >= 4 is 11.6 Å². The van der Waals surface area contributed by atoms with Gasteiger partial charge in [-0.25, -0.2) is 4.98 Å². The fourth-order valence-corrected chi connectivity index (χ4v) is 2.48. The minimum absolute atomic E-state index is 0.573. The first-order chi connectivity index (χ1) is 6.33. The van der Waals surface area contributed by atoms with Crippen molar-refractivity contribution in [2.24, 2.45) is 5.92 Å². The number of halogens is 1. The van der Waals surface area contributed by atoms with Gasteiger partial charge in [-0.15, -0.1) is 11.6 Å². The molecule has 1 heterocycles. The van der Waals surface area contributed by atoms with Crippen LogP contribution >= 0.6 is 11.6 Å². The standard InChI is InChI=1S/C10H15ClN2/c1-8-3-2-4-10(8)13-7-12-6-9(13)5-11/h6-8,10H,2-5H2,1H3. The van der Waals surface area contributed by atoms with Gasteiger partial charge >= 0.3 is 0 Å². The highest BCUT2D eigenvalue weighted by atomic mass is 35.5. The van der Waals surface area contributed by atoms with Gasteiger partial charge in [0, 0.05) is 12.2 Å². The van der Waals surface area contributed by atoms with Gasteiger partial charge in [-0.2, -0.15) is 0 Å². The smallest absolute Gasteiger partial charge is 0.0951 e. The first kappa shape index (κ1) is 9.07. The van der Waals surface area contributed by atoms with Crippen LogP contribution in [0.5, 0.6) is 0 Å². The third-order valence-electron chi connectivity index (χ3n) is 3.06. The van der Waals surface area contributed by atoms with E-state index in [9.17, 15) is 0 Å². The van der Waals surface area contributed by atoms with Gasteiger partial charge in [-0.3, -0.25) is 0 Å². The van der Waals surface area contributed by atoms with Gasteiger partial charge in [0.25, 0.3) is 0 Å². The summed E-state index contributed by atoms with van der Waals surface area (Å²) in [6, 6.07) is 0.635. The first-order valence-corrected chi connectivity index (χ1v) is 5.43. The van der Waals surface area contributed by atoms with Crippen LogP contribution in [0.15, 0.2) is 12.5 Å². The monoisotopic (exact) mass is 198 g/mol. The molecule has 0 saturated heterocycles. The summed E-state index contributed by atoms with van der Waals surface area (Å²) >= 11 is 5.84. The number of hydrogen-bond acceptors (Lipinski definition) is 1. The maximum atomic E-state index is 5.84. The lowest BCUT2D eigenvalue weighted by atomic mass is 10.1. The molecule has 2 rings (SSSR count). The van der Waals surface area contributed by atoms with Crippen molar-refractivity contribution in [3.63, 3.8) is 0 Å². The Kier molecular flexibility index (Phi) is 2.58. The van der Waals surface area contributed by atoms with Gasteiger partial charge in [0.15, 0.2) is 0 Å². The van der Waals surface area contributed by atoms with Gasteiger partial charge in [0.05, 0.1) is 17.9 Å². The summed E-state index contributed by atoms with van der Waals surface area (Å²) in [6.07, 6.45) is 7.75. The molecule has 2 unspecified atom stereocenters. The van der Waals surface area contributed by atoms with E-state index in [0.717, 1.165) is 11.6 Å². The van der Waals surface area contributed by atoms with E-state index < -0.39 is 0 Å². The number of rotatable bonds is 2. The normalized spacial score (nSPS) is 28.2. The molecule has 1 aromatic heterocycles. The molecule has 72 valence electrons. The third kappa shape index (κ3) is 1.60. The van der Waals surface area contributed by atoms with Crippen molar-refractivity contribution in [2.75, 3.05) is 0 Å². The number of nitrogens with zero attached hydrogens (tertiary/aromatic N) is 2. The highest BCUT2D eigenvalue weighted by Gasteiger charge is 2.25. The Balaban J connectivity index is 2.23. The molecule has 1 aliphatic carbocycles. The van der Waals surface area contributed by atoms with E-state index in [1.54, 1.807) is 0 Å². The quantitative estimate of drug-likeness (QED) is 0.669. The van der Waals surface area contributed by atoms with Gasteiger partial charge in [0.1, 0.15) is 0 Å². The zero-order valence-corrected chi connectivity index (χ0v) is 8.67. The molecule has 0 amide bonds. The minimum Gasteiger partial charge on any atom is -0.330 e. The molecule has 13 heavy (non-hydrogen) atoms. The van der Waals surface area contributed by atoms with Crippen molar-refractivity contribution < 1.29 is 0 Å². The molecular formula is C10H15ClN2. The molecule has 2 nitrogen and oxygen atoms in total.